The summed E-state index contributed by atoms with van der Waals surface area (Å²) < 4.78 is 12.5. The van der Waals surface area contributed by atoms with Gasteiger partial charge < -0.3 is 5.32 Å². The molecule has 1 fully saturated rings. The molecule has 1 unspecified atom stereocenters. The monoisotopic (exact) mass is 336 g/mol. The van der Waals surface area contributed by atoms with E-state index in [-0.39, 0.29) is 0 Å². The largest absolute Gasteiger partial charge is 0.360 e. The molecule has 2 aromatic rings. The quantitative estimate of drug-likeness (QED) is 0.628. The number of unbranched alkanes of at least 4 members (excludes halogenated alkanes) is 1. The van der Waals surface area contributed by atoms with Crippen LogP contribution in [0.15, 0.2) is 29.2 Å². The van der Waals surface area contributed by atoms with Crippen LogP contribution in [0.4, 0.5) is 5.13 Å². The molecule has 5 nitrogen and oxygen atoms in total. The second kappa shape index (κ2) is 6.36. The molecule has 0 aliphatic heterocycles. The highest BCUT2D eigenvalue weighted by Crippen LogP contribution is 2.28. The summed E-state index contributed by atoms with van der Waals surface area (Å²) in [5.74, 6) is 0. The van der Waals surface area contributed by atoms with Gasteiger partial charge in [-0.15, -0.1) is 10.2 Å². The van der Waals surface area contributed by atoms with Crippen molar-refractivity contribution in [2.45, 2.75) is 37.5 Å². The molecule has 3 N–H and O–H groups in total. The molecular weight excluding hydrogens is 316 g/mol. The van der Waals surface area contributed by atoms with Gasteiger partial charge in [0, 0.05) is 21.9 Å². The van der Waals surface area contributed by atoms with E-state index in [2.05, 4.69) is 22.4 Å². The zero-order valence-corrected chi connectivity index (χ0v) is 14.2. The second-order valence-electron chi connectivity index (χ2n) is 5.36. The Morgan fingerprint density at radius 1 is 1.27 bits per heavy atom. The number of anilines is 1. The molecule has 1 aromatic heterocycles. The Balaban J connectivity index is 1.76. The lowest BCUT2D eigenvalue weighted by atomic mass is 10.2. The summed E-state index contributed by atoms with van der Waals surface area (Å²) >= 11 is 1.53. The van der Waals surface area contributed by atoms with Gasteiger partial charge >= 0.3 is 0 Å². The molecule has 0 amide bonds. The summed E-state index contributed by atoms with van der Waals surface area (Å²) in [6.45, 7) is 3.07. The van der Waals surface area contributed by atoms with Crippen LogP contribution in [0.3, 0.4) is 0 Å². The van der Waals surface area contributed by atoms with Crippen molar-refractivity contribution in [1.82, 2.24) is 10.2 Å². The summed E-state index contributed by atoms with van der Waals surface area (Å²) in [5, 5.41) is 19.3. The normalized spacial score (nSPS) is 16.4. The van der Waals surface area contributed by atoms with Crippen LogP contribution in [0, 0.1) is 0 Å². The van der Waals surface area contributed by atoms with Crippen molar-refractivity contribution in [3.05, 3.63) is 24.3 Å². The van der Waals surface area contributed by atoms with Crippen LogP contribution in [-0.2, 0) is 9.71 Å². The molecule has 1 atom stereocenters. The van der Waals surface area contributed by atoms with E-state index in [4.69, 9.17) is 5.14 Å². The number of hydrogen-bond donors (Lipinski definition) is 2. The third-order valence-corrected chi connectivity index (χ3v) is 6.73. The van der Waals surface area contributed by atoms with Gasteiger partial charge in [-0.05, 0) is 31.4 Å². The minimum Gasteiger partial charge on any atom is -0.360 e. The molecule has 0 bridgehead atoms. The first kappa shape index (κ1) is 15.5. The van der Waals surface area contributed by atoms with Crippen molar-refractivity contribution in [2.24, 2.45) is 5.14 Å². The molecule has 22 heavy (non-hydrogen) atoms. The fourth-order valence-electron chi connectivity index (χ4n) is 2.10. The lowest BCUT2D eigenvalue weighted by Crippen LogP contribution is -2.16. The Hall–Kier alpha value is -1.44. The predicted octanol–water partition coefficient (Wildman–Crippen LogP) is 2.90. The van der Waals surface area contributed by atoms with E-state index in [1.54, 1.807) is 0 Å². The lowest BCUT2D eigenvalue weighted by molar-refractivity contribution is 0.682. The smallest absolute Gasteiger partial charge is 0.206 e. The SMILES string of the molecule is CCCCNc1nnc(-c2ccc(S(N)(=O)=C3CC3)cc2)s1. The van der Waals surface area contributed by atoms with Gasteiger partial charge in [0.2, 0.25) is 5.13 Å². The van der Waals surface area contributed by atoms with Gasteiger partial charge in [0.1, 0.15) is 5.01 Å². The van der Waals surface area contributed by atoms with Crippen LogP contribution >= 0.6 is 11.3 Å². The number of nitrogens with one attached hydrogen (secondary N) is 1. The minimum atomic E-state index is -2.45. The molecule has 0 spiro atoms. The van der Waals surface area contributed by atoms with E-state index in [9.17, 15) is 4.21 Å². The Bertz CT molecular complexity index is 767. The average molecular weight is 336 g/mol. The Kier molecular flexibility index (Phi) is 4.46. The van der Waals surface area contributed by atoms with E-state index in [1.807, 2.05) is 24.3 Å². The fourth-order valence-corrected chi connectivity index (χ4v) is 4.46. The van der Waals surface area contributed by atoms with Gasteiger partial charge in [-0.3, -0.25) is 5.14 Å². The van der Waals surface area contributed by atoms with Crippen molar-refractivity contribution in [2.75, 3.05) is 11.9 Å². The zero-order valence-electron chi connectivity index (χ0n) is 12.5. The van der Waals surface area contributed by atoms with Crippen LogP contribution in [0.25, 0.3) is 10.6 Å². The highest BCUT2D eigenvalue weighted by atomic mass is 32.2. The number of benzene rings is 1. The molecule has 1 aromatic carbocycles. The van der Waals surface area contributed by atoms with Gasteiger partial charge in [0.25, 0.3) is 0 Å². The third-order valence-electron chi connectivity index (χ3n) is 3.57. The molecule has 1 aliphatic rings. The van der Waals surface area contributed by atoms with E-state index in [0.29, 0.717) is 4.90 Å². The minimum absolute atomic E-state index is 0.703. The first-order valence-corrected chi connectivity index (χ1v) is 9.89. The summed E-state index contributed by atoms with van der Waals surface area (Å²) in [4.78, 5) is 1.67. The Morgan fingerprint density at radius 3 is 2.64 bits per heavy atom. The van der Waals surface area contributed by atoms with E-state index in [1.165, 1.54) is 11.3 Å². The van der Waals surface area contributed by atoms with Crippen LogP contribution in [0.1, 0.15) is 32.6 Å². The van der Waals surface area contributed by atoms with Crippen molar-refractivity contribution in [3.63, 3.8) is 0 Å². The number of aromatic nitrogens is 2. The third kappa shape index (κ3) is 3.31. The van der Waals surface area contributed by atoms with E-state index in [0.717, 1.165) is 52.8 Å². The highest BCUT2D eigenvalue weighted by Gasteiger charge is 2.22. The summed E-state index contributed by atoms with van der Waals surface area (Å²) in [6, 6.07) is 7.52. The highest BCUT2D eigenvalue weighted by molar-refractivity contribution is 8.00. The number of nitrogens with zero attached hydrogens (tertiary/aromatic N) is 2. The maximum absolute atomic E-state index is 12.5. The number of rotatable bonds is 6. The number of hydrogen-bond acceptors (Lipinski definition) is 5. The molecule has 118 valence electrons. The molecule has 0 saturated heterocycles. The topological polar surface area (TPSA) is 80.9 Å². The van der Waals surface area contributed by atoms with Crippen molar-refractivity contribution in [3.8, 4) is 10.6 Å². The molecule has 1 saturated carbocycles. The Morgan fingerprint density at radius 2 is 2.00 bits per heavy atom. The summed E-state index contributed by atoms with van der Waals surface area (Å²) in [5.41, 5.74) is 0.973. The first-order chi connectivity index (χ1) is 10.6. The van der Waals surface area contributed by atoms with Gasteiger partial charge in [0.15, 0.2) is 0 Å². The predicted molar refractivity (Wildman–Crippen MR) is 93.6 cm³/mol. The van der Waals surface area contributed by atoms with Gasteiger partial charge in [-0.1, -0.05) is 36.8 Å². The molecule has 1 aliphatic carbocycles. The molecule has 7 heteroatoms. The van der Waals surface area contributed by atoms with Crippen LogP contribution in [0.2, 0.25) is 0 Å². The molecule has 3 rings (SSSR count). The van der Waals surface area contributed by atoms with Gasteiger partial charge in [-0.2, -0.15) is 0 Å². The fraction of sp³-hybridized carbons (Fsp3) is 0.400. The lowest BCUT2D eigenvalue weighted by Gasteiger charge is -2.05. The van der Waals surface area contributed by atoms with Crippen LogP contribution in [-0.4, -0.2) is 25.8 Å². The van der Waals surface area contributed by atoms with Crippen molar-refractivity contribution >= 4 is 31.0 Å². The first-order valence-electron chi connectivity index (χ1n) is 7.46. The van der Waals surface area contributed by atoms with E-state index >= 15 is 0 Å². The molecule has 1 heterocycles. The zero-order chi connectivity index (χ0) is 15.6. The van der Waals surface area contributed by atoms with Crippen molar-refractivity contribution < 1.29 is 4.21 Å². The van der Waals surface area contributed by atoms with E-state index < -0.39 is 9.71 Å². The number of nitrogens with two attached hydrogens (primary N) is 1. The molecular formula is C15H20N4OS2. The maximum atomic E-state index is 12.5. The van der Waals surface area contributed by atoms with Crippen molar-refractivity contribution in [1.29, 1.82) is 0 Å². The second-order valence-corrected chi connectivity index (χ2v) is 8.58. The van der Waals surface area contributed by atoms with Gasteiger partial charge in [-0.25, -0.2) is 4.21 Å². The van der Waals surface area contributed by atoms with Crippen LogP contribution in [0.5, 0.6) is 0 Å². The average Bonchev–Trinajstić information content (AvgIpc) is 3.29. The van der Waals surface area contributed by atoms with Gasteiger partial charge in [0.05, 0.1) is 9.71 Å². The van der Waals surface area contributed by atoms with Crippen LogP contribution < -0.4 is 10.5 Å². The standard InChI is InChI=1S/C15H20N4OS2/c1-2-3-10-17-15-19-18-14(21-15)11-4-6-12(7-5-11)22(16,20)13-8-9-13/h4-7H,2-3,8-10H2,1H3,(H2,16,20)(H,17,19). The summed E-state index contributed by atoms with van der Waals surface area (Å²) in [6.07, 6.45) is 4.05. The molecule has 0 radical (unpaired) electrons. The summed E-state index contributed by atoms with van der Waals surface area (Å²) in [7, 11) is -2.45. The maximum Gasteiger partial charge on any atom is 0.206 e. The Labute approximate surface area is 135 Å².